The quantitative estimate of drug-likeness (QED) is 0.783. The Balaban J connectivity index is 1.81. The highest BCUT2D eigenvalue weighted by Gasteiger charge is 2.11. The number of fused-ring (bicyclic) bond motifs is 1. The van der Waals surface area contributed by atoms with Crippen molar-refractivity contribution in [1.29, 1.82) is 0 Å². The normalized spacial score (nSPS) is 10.9. The summed E-state index contributed by atoms with van der Waals surface area (Å²) in [6.45, 7) is 0.0892. The van der Waals surface area contributed by atoms with Crippen molar-refractivity contribution >= 4 is 40.0 Å². The molecule has 0 atom stereocenters. The van der Waals surface area contributed by atoms with Crippen LogP contribution < -0.4 is 10.9 Å². The number of aromatic nitrogens is 2. The topological polar surface area (TPSA) is 77.1 Å². The van der Waals surface area contributed by atoms with Gasteiger partial charge >= 0.3 is 0 Å². The second-order valence-electron chi connectivity index (χ2n) is 4.82. The minimum Gasteiger partial charge on any atom is -0.467 e. The van der Waals surface area contributed by atoms with Gasteiger partial charge in [0.05, 0.1) is 35.1 Å². The monoisotopic (exact) mass is 351 g/mol. The van der Waals surface area contributed by atoms with Crippen molar-refractivity contribution in [2.24, 2.45) is 0 Å². The maximum Gasteiger partial charge on any atom is 0.261 e. The third kappa shape index (κ3) is 3.38. The summed E-state index contributed by atoms with van der Waals surface area (Å²) in [6, 6.07) is 6.47. The lowest BCUT2D eigenvalue weighted by Gasteiger charge is -2.08. The molecule has 0 saturated carbocycles. The number of nitrogens with one attached hydrogen (secondary N) is 1. The third-order valence-corrected chi connectivity index (χ3v) is 3.71. The van der Waals surface area contributed by atoms with Gasteiger partial charge in [-0.1, -0.05) is 23.2 Å². The molecule has 8 heteroatoms. The average Bonchev–Trinajstić information content (AvgIpc) is 3.02. The molecule has 0 fully saturated rings. The standard InChI is InChI=1S/C15H11Cl2N3O3/c16-9-4-11-14(12(17)5-9)19-8-20(15(11)22)7-13(21)18-6-10-2-1-3-23-10/h1-5,8H,6-7H2,(H,18,21). The SMILES string of the molecule is O=C(Cn1cnc2c(Cl)cc(Cl)cc2c1=O)NCc1ccco1. The molecule has 0 unspecified atom stereocenters. The minimum absolute atomic E-state index is 0.160. The first-order valence-corrected chi connectivity index (χ1v) is 7.43. The fourth-order valence-electron chi connectivity index (χ4n) is 2.12. The summed E-state index contributed by atoms with van der Waals surface area (Å²) in [6.07, 6.45) is 2.81. The van der Waals surface area contributed by atoms with Gasteiger partial charge in [0.1, 0.15) is 12.3 Å². The van der Waals surface area contributed by atoms with E-state index in [0.29, 0.717) is 21.3 Å². The van der Waals surface area contributed by atoms with E-state index in [1.807, 2.05) is 0 Å². The fraction of sp³-hybridized carbons (Fsp3) is 0.133. The van der Waals surface area contributed by atoms with Gasteiger partial charge in [-0.3, -0.25) is 14.2 Å². The van der Waals surface area contributed by atoms with Crippen LogP contribution in [0.1, 0.15) is 5.76 Å². The second-order valence-corrected chi connectivity index (χ2v) is 5.66. The van der Waals surface area contributed by atoms with Crippen molar-refractivity contribution in [3.63, 3.8) is 0 Å². The van der Waals surface area contributed by atoms with Gasteiger partial charge in [0, 0.05) is 5.02 Å². The van der Waals surface area contributed by atoms with Crippen molar-refractivity contribution in [3.05, 3.63) is 63.0 Å². The van der Waals surface area contributed by atoms with Gasteiger partial charge in [-0.15, -0.1) is 0 Å². The van der Waals surface area contributed by atoms with Crippen molar-refractivity contribution in [1.82, 2.24) is 14.9 Å². The number of benzene rings is 1. The van der Waals surface area contributed by atoms with E-state index >= 15 is 0 Å². The zero-order valence-electron chi connectivity index (χ0n) is 11.8. The fourth-order valence-corrected chi connectivity index (χ4v) is 2.66. The molecule has 23 heavy (non-hydrogen) atoms. The van der Waals surface area contributed by atoms with Crippen LogP contribution >= 0.6 is 23.2 Å². The molecule has 1 amide bonds. The lowest BCUT2D eigenvalue weighted by atomic mass is 10.2. The first kappa shape index (κ1) is 15.6. The molecule has 3 rings (SSSR count). The van der Waals surface area contributed by atoms with Crippen LogP contribution in [0.2, 0.25) is 10.0 Å². The molecule has 0 bridgehead atoms. The van der Waals surface area contributed by atoms with Crippen LogP contribution in [0.3, 0.4) is 0 Å². The summed E-state index contributed by atoms with van der Waals surface area (Å²) in [5.41, 5.74) is -0.0270. The van der Waals surface area contributed by atoms with Gasteiger partial charge in [-0.25, -0.2) is 4.98 Å². The number of rotatable bonds is 4. The Bertz CT molecular complexity index is 920. The molecule has 0 aliphatic carbocycles. The highest BCUT2D eigenvalue weighted by atomic mass is 35.5. The largest absolute Gasteiger partial charge is 0.467 e. The molecular weight excluding hydrogens is 341 g/mol. The molecule has 1 aromatic carbocycles. The molecule has 0 saturated heterocycles. The molecule has 118 valence electrons. The maximum atomic E-state index is 12.4. The molecule has 2 heterocycles. The molecule has 3 aromatic rings. The Kier molecular flexibility index (Phi) is 4.36. The maximum absolute atomic E-state index is 12.4. The summed E-state index contributed by atoms with van der Waals surface area (Å²) in [5.74, 6) is 0.290. The van der Waals surface area contributed by atoms with E-state index in [1.54, 1.807) is 12.1 Å². The Morgan fingerprint density at radius 1 is 1.35 bits per heavy atom. The van der Waals surface area contributed by atoms with E-state index in [2.05, 4.69) is 10.3 Å². The molecular formula is C15H11Cl2N3O3. The first-order chi connectivity index (χ1) is 11.0. The van der Waals surface area contributed by atoms with E-state index in [9.17, 15) is 9.59 Å². The van der Waals surface area contributed by atoms with Crippen LogP contribution in [0.4, 0.5) is 0 Å². The molecule has 0 aliphatic heterocycles. The molecule has 1 N–H and O–H groups in total. The number of amides is 1. The van der Waals surface area contributed by atoms with Crippen LogP contribution in [0.5, 0.6) is 0 Å². The van der Waals surface area contributed by atoms with Crippen LogP contribution in [-0.2, 0) is 17.9 Å². The van der Waals surface area contributed by atoms with Gasteiger partial charge in [-0.2, -0.15) is 0 Å². The number of hydrogen-bond acceptors (Lipinski definition) is 4. The predicted octanol–water partition coefficient (Wildman–Crippen LogP) is 2.61. The average molecular weight is 352 g/mol. The number of furan rings is 1. The Morgan fingerprint density at radius 3 is 2.91 bits per heavy atom. The van der Waals surface area contributed by atoms with E-state index in [1.165, 1.54) is 29.3 Å². The van der Waals surface area contributed by atoms with Gasteiger partial charge in [-0.05, 0) is 24.3 Å². The van der Waals surface area contributed by atoms with Crippen LogP contribution in [0.15, 0.2) is 46.1 Å². The second kappa shape index (κ2) is 6.44. The Morgan fingerprint density at radius 2 is 2.17 bits per heavy atom. The third-order valence-electron chi connectivity index (χ3n) is 3.20. The van der Waals surface area contributed by atoms with Crippen molar-refractivity contribution < 1.29 is 9.21 Å². The zero-order valence-corrected chi connectivity index (χ0v) is 13.3. The van der Waals surface area contributed by atoms with Crippen LogP contribution in [0.25, 0.3) is 10.9 Å². The van der Waals surface area contributed by atoms with E-state index < -0.39 is 0 Å². The molecule has 6 nitrogen and oxygen atoms in total. The van der Waals surface area contributed by atoms with E-state index in [-0.39, 0.29) is 29.9 Å². The van der Waals surface area contributed by atoms with E-state index in [4.69, 9.17) is 27.6 Å². The number of carbonyl (C=O) groups excluding carboxylic acids is 1. The minimum atomic E-state index is -0.382. The molecule has 2 aromatic heterocycles. The summed E-state index contributed by atoms with van der Waals surface area (Å²) < 4.78 is 6.32. The first-order valence-electron chi connectivity index (χ1n) is 6.68. The molecule has 0 aliphatic rings. The summed E-state index contributed by atoms with van der Waals surface area (Å²) in [7, 11) is 0. The Labute approximate surface area is 140 Å². The number of hydrogen-bond donors (Lipinski definition) is 1. The van der Waals surface area contributed by atoms with Gasteiger partial charge in [0.25, 0.3) is 5.56 Å². The predicted molar refractivity (Wildman–Crippen MR) is 86.6 cm³/mol. The summed E-state index contributed by atoms with van der Waals surface area (Å²) >= 11 is 11.9. The van der Waals surface area contributed by atoms with Crippen LogP contribution in [-0.4, -0.2) is 15.5 Å². The molecule has 0 radical (unpaired) electrons. The van der Waals surface area contributed by atoms with Crippen LogP contribution in [0, 0.1) is 0 Å². The lowest BCUT2D eigenvalue weighted by molar-refractivity contribution is -0.121. The summed E-state index contributed by atoms with van der Waals surface area (Å²) in [5, 5.41) is 3.55. The van der Waals surface area contributed by atoms with Gasteiger partial charge in [0.2, 0.25) is 5.91 Å². The van der Waals surface area contributed by atoms with Gasteiger partial charge < -0.3 is 9.73 Å². The number of carbonyl (C=O) groups is 1. The van der Waals surface area contributed by atoms with Crippen molar-refractivity contribution in [3.8, 4) is 0 Å². The van der Waals surface area contributed by atoms with Crippen molar-refractivity contribution in [2.75, 3.05) is 0 Å². The highest BCUT2D eigenvalue weighted by Crippen LogP contribution is 2.23. The highest BCUT2D eigenvalue weighted by molar-refractivity contribution is 6.38. The summed E-state index contributed by atoms with van der Waals surface area (Å²) in [4.78, 5) is 28.5. The van der Waals surface area contributed by atoms with Gasteiger partial charge in [0.15, 0.2) is 0 Å². The van der Waals surface area contributed by atoms with Crippen molar-refractivity contribution in [2.45, 2.75) is 13.1 Å². The number of nitrogens with zero attached hydrogens (tertiary/aromatic N) is 2. The van der Waals surface area contributed by atoms with E-state index in [0.717, 1.165) is 0 Å². The zero-order chi connectivity index (χ0) is 16.4. The number of halogens is 2. The Hall–Kier alpha value is -2.31. The molecule has 0 spiro atoms. The smallest absolute Gasteiger partial charge is 0.261 e. The lowest BCUT2D eigenvalue weighted by Crippen LogP contribution is -2.32.